The summed E-state index contributed by atoms with van der Waals surface area (Å²) in [5, 5.41) is -6.81. The Morgan fingerprint density at radius 1 is 0.857 bits per heavy atom. The largest absolute Gasteiger partial charge is 0.743 e. The van der Waals surface area contributed by atoms with E-state index in [1.165, 1.54) is 21.7 Å². The van der Waals surface area contributed by atoms with Crippen LogP contribution in [0.25, 0.3) is 0 Å². The van der Waals surface area contributed by atoms with E-state index in [9.17, 15) is 52.5 Å². The zero-order valence-electron chi connectivity index (χ0n) is 14.5. The van der Waals surface area contributed by atoms with Crippen LogP contribution < -0.4 is 4.57 Å². The average molecular weight is 451 g/mol. The van der Waals surface area contributed by atoms with Crippen LogP contribution in [-0.2, 0) is 21.9 Å². The molecule has 28 heavy (non-hydrogen) atoms. The van der Waals surface area contributed by atoms with Crippen molar-refractivity contribution in [2.75, 3.05) is 0 Å². The third kappa shape index (κ3) is 5.94. The summed E-state index contributed by atoms with van der Waals surface area (Å²) >= 11 is 0. The van der Waals surface area contributed by atoms with Crippen LogP contribution in [-0.4, -0.2) is 36.6 Å². The Balaban J connectivity index is 0.000000609. The first-order chi connectivity index (χ1) is 12.1. The van der Waals surface area contributed by atoms with Gasteiger partial charge in [0.15, 0.2) is 21.5 Å². The van der Waals surface area contributed by atoms with Gasteiger partial charge in [0.1, 0.15) is 7.05 Å². The van der Waals surface area contributed by atoms with Gasteiger partial charge in [-0.05, 0) is 12.5 Å². The number of aryl methyl sites for hydroxylation is 3. The normalized spacial score (nSPS) is 13.8. The Bertz CT molecular complexity index is 784. The highest BCUT2D eigenvalue weighted by molar-refractivity contribution is 7.86. The zero-order valence-corrected chi connectivity index (χ0v) is 15.4. The van der Waals surface area contributed by atoms with Gasteiger partial charge < -0.3 is 4.55 Å². The minimum Gasteiger partial charge on any atom is -0.743 e. The molecule has 164 valence electrons. The molecule has 0 saturated carbocycles. The number of aromatic nitrogens is 1. The lowest BCUT2D eigenvalue weighted by Gasteiger charge is -2.31. The molecule has 0 amide bonds. The van der Waals surface area contributed by atoms with E-state index in [4.69, 9.17) is 0 Å². The van der Waals surface area contributed by atoms with Crippen LogP contribution in [0.4, 0.5) is 39.5 Å². The van der Waals surface area contributed by atoms with Gasteiger partial charge in [0.2, 0.25) is 0 Å². The topological polar surface area (TPSA) is 70.3 Å². The van der Waals surface area contributed by atoms with Crippen molar-refractivity contribution in [2.24, 2.45) is 7.05 Å². The second-order valence-corrected chi connectivity index (χ2v) is 6.90. The molecule has 0 aromatic carbocycles. The van der Waals surface area contributed by atoms with Crippen LogP contribution in [0.2, 0.25) is 0 Å². The van der Waals surface area contributed by atoms with Crippen molar-refractivity contribution in [1.29, 1.82) is 0 Å². The first kappa shape index (κ1) is 26.4. The van der Waals surface area contributed by atoms with Crippen LogP contribution in [0.1, 0.15) is 17.0 Å². The van der Waals surface area contributed by atoms with Gasteiger partial charge in [-0.15, -0.1) is 0 Å². The first-order valence-corrected chi connectivity index (χ1v) is 8.27. The molecule has 0 aliphatic carbocycles. The van der Waals surface area contributed by atoms with Crippen molar-refractivity contribution in [1.82, 2.24) is 0 Å². The maximum atomic E-state index is 12.2. The third-order valence-corrected chi connectivity index (χ3v) is 4.04. The fraction of sp³-hybridized carbons (Fsp3) is 0.615. The fourth-order valence-corrected chi connectivity index (χ4v) is 1.93. The zero-order chi connectivity index (χ0) is 22.9. The Labute approximate surface area is 153 Å². The van der Waals surface area contributed by atoms with E-state index in [0.29, 0.717) is 0 Å². The molecular formula is C13H14F9NO4S. The maximum absolute atomic E-state index is 12.2. The fourth-order valence-electron chi connectivity index (χ4n) is 1.60. The molecular weight excluding hydrogens is 437 g/mol. The summed E-state index contributed by atoms with van der Waals surface area (Å²) in [5.41, 5.74) is 3.98. The lowest BCUT2D eigenvalue weighted by molar-refractivity contribution is -0.683. The monoisotopic (exact) mass is 451 g/mol. The number of rotatable bonds is 4. The highest BCUT2D eigenvalue weighted by Crippen LogP contribution is 2.46. The van der Waals surface area contributed by atoms with Gasteiger partial charge in [0.25, 0.3) is 0 Å². The minimum absolute atomic E-state index is 1.32. The van der Waals surface area contributed by atoms with E-state index < -0.39 is 33.8 Å². The molecule has 15 heteroatoms. The summed E-state index contributed by atoms with van der Waals surface area (Å²) in [6.07, 6.45) is -20.5. The second-order valence-electron chi connectivity index (χ2n) is 5.48. The van der Waals surface area contributed by atoms with Crippen LogP contribution in [0, 0.1) is 20.8 Å². The molecule has 1 aromatic heterocycles. The molecule has 0 fully saturated rings. The lowest BCUT2D eigenvalue weighted by atomic mass is 10.2. The van der Waals surface area contributed by atoms with Crippen LogP contribution in [0.15, 0.2) is 12.1 Å². The molecule has 5 nitrogen and oxygen atoms in total. The standard InChI is InChI=1S/C9H14N.C4HF9O4S/c1-7-5-8(2)10(4)9(3)6-7;5-1(6,7)2(8,9)17-3(10,11)4(12,13)18(14,15)16/h5-6H,1-4H3;(H,14,15,16)/q+1;/p-1. The van der Waals surface area contributed by atoms with Crippen LogP contribution >= 0.6 is 0 Å². The summed E-state index contributed by atoms with van der Waals surface area (Å²) < 4.78 is 139. The van der Waals surface area contributed by atoms with Crippen LogP contribution in [0.5, 0.6) is 0 Å². The minimum atomic E-state index is -7.24. The average Bonchev–Trinajstić information content (AvgIpc) is 2.41. The van der Waals surface area contributed by atoms with Gasteiger partial charge >= 0.3 is 23.6 Å². The molecule has 0 N–H and O–H groups in total. The number of ether oxygens (including phenoxy) is 1. The molecule has 0 aliphatic rings. The van der Waals surface area contributed by atoms with Crippen molar-refractivity contribution in [3.05, 3.63) is 29.1 Å². The predicted molar refractivity (Wildman–Crippen MR) is 73.5 cm³/mol. The van der Waals surface area contributed by atoms with Gasteiger partial charge in [-0.25, -0.2) is 17.7 Å². The number of alkyl halides is 9. The summed E-state index contributed by atoms with van der Waals surface area (Å²) in [5.74, 6) is 0. The van der Waals surface area contributed by atoms with Gasteiger partial charge in [0, 0.05) is 26.0 Å². The van der Waals surface area contributed by atoms with Gasteiger partial charge in [0.05, 0.1) is 0 Å². The lowest BCUT2D eigenvalue weighted by Crippen LogP contribution is -2.54. The summed E-state index contributed by atoms with van der Waals surface area (Å²) in [6, 6.07) is 4.38. The maximum Gasteiger partial charge on any atom is 0.483 e. The number of hydrogen-bond donors (Lipinski definition) is 0. The first-order valence-electron chi connectivity index (χ1n) is 6.86. The molecule has 0 unspecified atom stereocenters. The Hall–Kier alpha value is -1.61. The highest BCUT2D eigenvalue weighted by Gasteiger charge is 2.72. The Morgan fingerprint density at radius 2 is 1.21 bits per heavy atom. The van der Waals surface area contributed by atoms with Gasteiger partial charge in [-0.3, -0.25) is 0 Å². The van der Waals surface area contributed by atoms with Crippen molar-refractivity contribution in [2.45, 2.75) is 44.4 Å². The Morgan fingerprint density at radius 3 is 1.50 bits per heavy atom. The van der Waals surface area contributed by atoms with E-state index in [1.807, 2.05) is 0 Å². The van der Waals surface area contributed by atoms with Crippen molar-refractivity contribution < 1.29 is 61.8 Å². The summed E-state index contributed by atoms with van der Waals surface area (Å²) in [7, 11) is -5.15. The molecule has 0 aliphatic heterocycles. The summed E-state index contributed by atoms with van der Waals surface area (Å²) in [6.45, 7) is 6.38. The van der Waals surface area contributed by atoms with E-state index in [0.717, 1.165) is 0 Å². The van der Waals surface area contributed by atoms with Gasteiger partial charge in [-0.1, -0.05) is 0 Å². The summed E-state index contributed by atoms with van der Waals surface area (Å²) in [4.78, 5) is 0. The molecule has 0 radical (unpaired) electrons. The molecule has 1 aromatic rings. The number of pyridine rings is 1. The predicted octanol–water partition coefficient (Wildman–Crippen LogP) is 3.33. The highest BCUT2D eigenvalue weighted by atomic mass is 32.2. The number of halogens is 9. The van der Waals surface area contributed by atoms with Crippen molar-refractivity contribution in [3.63, 3.8) is 0 Å². The van der Waals surface area contributed by atoms with Crippen molar-refractivity contribution in [3.8, 4) is 0 Å². The number of hydrogen-bond acceptors (Lipinski definition) is 4. The quantitative estimate of drug-likeness (QED) is 0.400. The molecule has 0 saturated heterocycles. The molecule has 1 rings (SSSR count). The van der Waals surface area contributed by atoms with E-state index in [1.54, 1.807) is 0 Å². The van der Waals surface area contributed by atoms with Crippen LogP contribution in [0.3, 0.4) is 0 Å². The van der Waals surface area contributed by atoms with E-state index >= 15 is 0 Å². The third-order valence-electron chi connectivity index (χ3n) is 3.17. The van der Waals surface area contributed by atoms with Gasteiger partial charge in [-0.2, -0.15) is 39.5 Å². The molecule has 0 spiro atoms. The smallest absolute Gasteiger partial charge is 0.483 e. The Kier molecular flexibility index (Phi) is 7.56. The van der Waals surface area contributed by atoms with E-state index in [2.05, 4.69) is 44.5 Å². The second kappa shape index (κ2) is 8.02. The molecule has 1 heterocycles. The van der Waals surface area contributed by atoms with Crippen molar-refractivity contribution >= 4 is 10.1 Å². The molecule has 0 atom stereocenters. The van der Waals surface area contributed by atoms with E-state index in [-0.39, 0.29) is 0 Å². The number of nitrogens with zero attached hydrogens (tertiary/aromatic N) is 1. The SMILES string of the molecule is Cc1cc(C)[n+](C)c(C)c1.O=S(=O)([O-])C(F)(F)C(F)(F)OC(F)(F)C(F)(F)F. The molecule has 0 bridgehead atoms.